The normalized spacial score (nSPS) is 11.4. The Labute approximate surface area is 187 Å². The highest BCUT2D eigenvalue weighted by molar-refractivity contribution is 5.85. The predicted octanol–water partition coefficient (Wildman–Crippen LogP) is 3.90. The third-order valence-corrected chi connectivity index (χ3v) is 4.69. The number of nitrogens with two attached hydrogens (primary N) is 1. The highest BCUT2D eigenvalue weighted by Gasteiger charge is 2.16. The van der Waals surface area contributed by atoms with Crippen LogP contribution >= 0.6 is 0 Å². The minimum absolute atomic E-state index is 0.406. The maximum atomic E-state index is 11.7. The number of aromatic nitrogens is 3. The SMILES string of the molecule is Cc1noc(C)c1-c1ccc2nc(NCCCCNC(=O)OC(C)(C)C)c(NN)nc2c1. The molecule has 2 aromatic heterocycles. The van der Waals surface area contributed by atoms with Crippen LogP contribution in [0.1, 0.15) is 45.1 Å². The van der Waals surface area contributed by atoms with Crippen molar-refractivity contribution in [3.8, 4) is 11.1 Å². The summed E-state index contributed by atoms with van der Waals surface area (Å²) in [5.41, 5.74) is 6.31. The number of unbranched alkanes of at least 4 members (excludes halogenated alkanes) is 1. The molecule has 0 atom stereocenters. The molecule has 0 aliphatic carbocycles. The van der Waals surface area contributed by atoms with Crippen molar-refractivity contribution < 1.29 is 14.1 Å². The molecule has 1 amide bonds. The van der Waals surface area contributed by atoms with Gasteiger partial charge in [-0.1, -0.05) is 11.2 Å². The maximum Gasteiger partial charge on any atom is 0.407 e. The molecular formula is C22H31N7O3. The van der Waals surface area contributed by atoms with E-state index in [1.54, 1.807) is 0 Å². The lowest BCUT2D eigenvalue weighted by atomic mass is 10.0. The average Bonchev–Trinajstić information content (AvgIpc) is 3.06. The molecule has 2 heterocycles. The number of ether oxygens (including phenoxy) is 1. The van der Waals surface area contributed by atoms with Gasteiger partial charge < -0.3 is 25.3 Å². The Balaban J connectivity index is 1.60. The first-order chi connectivity index (χ1) is 15.2. The first kappa shape index (κ1) is 23.3. The second-order valence-corrected chi connectivity index (χ2v) is 8.53. The summed E-state index contributed by atoms with van der Waals surface area (Å²) in [6.07, 6.45) is 1.21. The van der Waals surface area contributed by atoms with Crippen LogP contribution in [-0.2, 0) is 4.74 Å². The average molecular weight is 442 g/mol. The Kier molecular flexibility index (Phi) is 7.14. The molecule has 0 radical (unpaired) electrons. The van der Waals surface area contributed by atoms with Crippen LogP contribution in [0.2, 0.25) is 0 Å². The molecule has 10 heteroatoms. The molecule has 0 aliphatic heterocycles. The summed E-state index contributed by atoms with van der Waals surface area (Å²) < 4.78 is 10.5. The number of amides is 1. The van der Waals surface area contributed by atoms with Crippen molar-refractivity contribution >= 4 is 28.8 Å². The molecule has 5 N–H and O–H groups in total. The maximum absolute atomic E-state index is 11.7. The number of carbonyl (C=O) groups is 1. The van der Waals surface area contributed by atoms with E-state index >= 15 is 0 Å². The molecule has 172 valence electrons. The number of hydrogen-bond donors (Lipinski definition) is 4. The molecule has 0 fully saturated rings. The molecule has 0 saturated carbocycles. The molecule has 0 spiro atoms. The number of benzene rings is 1. The van der Waals surface area contributed by atoms with Crippen molar-refractivity contribution in [2.75, 3.05) is 23.8 Å². The van der Waals surface area contributed by atoms with Crippen molar-refractivity contribution in [2.45, 2.75) is 53.1 Å². The number of anilines is 2. The molecule has 10 nitrogen and oxygen atoms in total. The van der Waals surface area contributed by atoms with Gasteiger partial charge in [0.05, 0.1) is 16.7 Å². The van der Waals surface area contributed by atoms with Gasteiger partial charge >= 0.3 is 6.09 Å². The van der Waals surface area contributed by atoms with E-state index in [0.29, 0.717) is 30.2 Å². The van der Waals surface area contributed by atoms with Crippen molar-refractivity contribution in [3.05, 3.63) is 29.7 Å². The number of nitrogens with zero attached hydrogens (tertiary/aromatic N) is 3. The Morgan fingerprint density at radius 2 is 1.81 bits per heavy atom. The summed E-state index contributed by atoms with van der Waals surface area (Å²) in [5.74, 6) is 7.47. The zero-order valence-corrected chi connectivity index (χ0v) is 19.2. The zero-order chi connectivity index (χ0) is 23.3. The summed E-state index contributed by atoms with van der Waals surface area (Å²) in [4.78, 5) is 20.9. The minimum atomic E-state index is -0.500. The van der Waals surface area contributed by atoms with E-state index in [1.165, 1.54) is 0 Å². The van der Waals surface area contributed by atoms with Gasteiger partial charge in [0.1, 0.15) is 11.4 Å². The lowest BCUT2D eigenvalue weighted by Crippen LogP contribution is -2.33. The Morgan fingerprint density at radius 1 is 1.09 bits per heavy atom. The molecule has 32 heavy (non-hydrogen) atoms. The fraction of sp³-hybridized carbons (Fsp3) is 0.455. The number of hydrazine groups is 1. The minimum Gasteiger partial charge on any atom is -0.444 e. The fourth-order valence-electron chi connectivity index (χ4n) is 3.29. The molecule has 0 unspecified atom stereocenters. The number of carbonyl (C=O) groups excluding carboxylic acids is 1. The van der Waals surface area contributed by atoms with Crippen molar-refractivity contribution in [1.82, 2.24) is 20.4 Å². The first-order valence-corrected chi connectivity index (χ1v) is 10.6. The molecule has 3 aromatic rings. The molecular weight excluding hydrogens is 410 g/mol. The third kappa shape index (κ3) is 5.85. The van der Waals surface area contributed by atoms with Gasteiger partial charge in [0.2, 0.25) is 0 Å². The van der Waals surface area contributed by atoms with Gasteiger partial charge in [0.15, 0.2) is 11.6 Å². The molecule has 0 aliphatic rings. The van der Waals surface area contributed by atoms with Gasteiger partial charge in [-0.3, -0.25) is 0 Å². The van der Waals surface area contributed by atoms with Gasteiger partial charge in [-0.05, 0) is 65.2 Å². The number of fused-ring (bicyclic) bond motifs is 1. The standard InChI is InChI=1S/C22H31N7O3/c1-13-18(14(2)32-29-13)15-8-9-16-17(12-15)27-20(28-23)19(26-16)24-10-6-7-11-25-21(30)31-22(3,4)5/h8-9,12H,6-7,10-11,23H2,1-5H3,(H,24,26)(H,25,30)(H,27,28). The lowest BCUT2D eigenvalue weighted by molar-refractivity contribution is 0.0527. The first-order valence-electron chi connectivity index (χ1n) is 10.6. The van der Waals surface area contributed by atoms with E-state index in [-0.39, 0.29) is 0 Å². The molecule has 0 bridgehead atoms. The van der Waals surface area contributed by atoms with Gasteiger partial charge in [-0.25, -0.2) is 20.6 Å². The van der Waals surface area contributed by atoms with Crippen molar-refractivity contribution in [3.63, 3.8) is 0 Å². The quantitative estimate of drug-likeness (QED) is 0.233. The van der Waals surface area contributed by atoms with Crippen LogP contribution in [-0.4, -0.2) is 39.9 Å². The summed E-state index contributed by atoms with van der Waals surface area (Å²) in [6, 6.07) is 5.84. The van der Waals surface area contributed by atoms with Crippen LogP contribution < -0.4 is 21.9 Å². The van der Waals surface area contributed by atoms with E-state index in [9.17, 15) is 4.79 Å². The van der Waals surface area contributed by atoms with Gasteiger partial charge in [0, 0.05) is 18.7 Å². The summed E-state index contributed by atoms with van der Waals surface area (Å²) in [6.45, 7) is 10.5. The summed E-state index contributed by atoms with van der Waals surface area (Å²) >= 11 is 0. The van der Waals surface area contributed by atoms with Gasteiger partial charge in [0.25, 0.3) is 0 Å². The monoisotopic (exact) mass is 441 g/mol. The number of aryl methyl sites for hydroxylation is 2. The fourth-order valence-corrected chi connectivity index (χ4v) is 3.29. The van der Waals surface area contributed by atoms with Crippen LogP contribution in [0.4, 0.5) is 16.4 Å². The van der Waals surface area contributed by atoms with E-state index in [4.69, 9.17) is 15.1 Å². The number of alkyl carbamates (subject to hydrolysis) is 1. The number of rotatable bonds is 8. The predicted molar refractivity (Wildman–Crippen MR) is 124 cm³/mol. The van der Waals surface area contributed by atoms with E-state index in [1.807, 2.05) is 52.8 Å². The topological polar surface area (TPSA) is 140 Å². The van der Waals surface area contributed by atoms with Crippen LogP contribution in [0.15, 0.2) is 22.7 Å². The number of hydrogen-bond acceptors (Lipinski definition) is 9. The summed E-state index contributed by atoms with van der Waals surface area (Å²) in [7, 11) is 0. The van der Waals surface area contributed by atoms with Crippen LogP contribution in [0.5, 0.6) is 0 Å². The second kappa shape index (κ2) is 9.82. The van der Waals surface area contributed by atoms with Crippen molar-refractivity contribution in [1.29, 1.82) is 0 Å². The Bertz CT molecular complexity index is 1070. The summed E-state index contributed by atoms with van der Waals surface area (Å²) in [5, 5.41) is 10.0. The Morgan fingerprint density at radius 3 is 2.47 bits per heavy atom. The molecule has 3 rings (SSSR count). The van der Waals surface area contributed by atoms with E-state index < -0.39 is 11.7 Å². The lowest BCUT2D eigenvalue weighted by Gasteiger charge is -2.19. The van der Waals surface area contributed by atoms with Crippen molar-refractivity contribution in [2.24, 2.45) is 5.84 Å². The highest BCUT2D eigenvalue weighted by Crippen LogP contribution is 2.30. The molecule has 1 aromatic carbocycles. The second-order valence-electron chi connectivity index (χ2n) is 8.53. The van der Waals surface area contributed by atoms with Crippen LogP contribution in [0, 0.1) is 13.8 Å². The number of nitrogens with one attached hydrogen (secondary N) is 3. The molecule has 0 saturated heterocycles. The van der Waals surface area contributed by atoms with E-state index in [0.717, 1.165) is 40.9 Å². The van der Waals surface area contributed by atoms with Crippen LogP contribution in [0.3, 0.4) is 0 Å². The largest absolute Gasteiger partial charge is 0.444 e. The smallest absolute Gasteiger partial charge is 0.407 e. The third-order valence-electron chi connectivity index (χ3n) is 4.69. The zero-order valence-electron chi connectivity index (χ0n) is 19.2. The van der Waals surface area contributed by atoms with Crippen LogP contribution in [0.25, 0.3) is 22.2 Å². The highest BCUT2D eigenvalue weighted by atomic mass is 16.6. The van der Waals surface area contributed by atoms with E-state index in [2.05, 4.69) is 31.2 Å². The Hall–Kier alpha value is -3.40. The van der Waals surface area contributed by atoms with Gasteiger partial charge in [-0.2, -0.15) is 0 Å². The van der Waals surface area contributed by atoms with Gasteiger partial charge in [-0.15, -0.1) is 0 Å². The number of nitrogen functional groups attached to an aromatic ring is 1.